The molecule has 1 amide bonds. The third-order valence-corrected chi connectivity index (χ3v) is 3.49. The first-order valence-electron chi connectivity index (χ1n) is 7.34. The number of hydrogen-bond acceptors (Lipinski definition) is 3. The number of anilines is 1. The zero-order valence-corrected chi connectivity index (χ0v) is 13.5. The van der Waals surface area contributed by atoms with Crippen LogP contribution in [0.2, 0.25) is 0 Å². The van der Waals surface area contributed by atoms with Crippen LogP contribution in [-0.4, -0.2) is 26.7 Å². The molecule has 2 aromatic carbocycles. The molecule has 0 bridgehead atoms. The predicted molar refractivity (Wildman–Crippen MR) is 87.5 cm³/mol. The van der Waals surface area contributed by atoms with Gasteiger partial charge in [-0.25, -0.2) is 4.39 Å². The third kappa shape index (κ3) is 3.87. The monoisotopic (exact) mass is 317 g/mol. The lowest BCUT2D eigenvalue weighted by Gasteiger charge is -2.22. The SMILES string of the molecule is CCN(C(=O)c1cccc(COC)c1)c1ccc(F)c(OC)c1. The molecule has 5 heteroatoms. The molecule has 2 rings (SSSR count). The van der Waals surface area contributed by atoms with E-state index in [9.17, 15) is 9.18 Å². The van der Waals surface area contributed by atoms with Crippen LogP contribution < -0.4 is 9.64 Å². The van der Waals surface area contributed by atoms with Gasteiger partial charge in [0.25, 0.3) is 5.91 Å². The maximum atomic E-state index is 13.6. The predicted octanol–water partition coefficient (Wildman–Crippen LogP) is 3.65. The molecule has 0 aliphatic carbocycles. The summed E-state index contributed by atoms with van der Waals surface area (Å²) in [6.07, 6.45) is 0. The Morgan fingerprint density at radius 1 is 1.17 bits per heavy atom. The van der Waals surface area contributed by atoms with Gasteiger partial charge in [0.2, 0.25) is 0 Å². The van der Waals surface area contributed by atoms with E-state index in [-0.39, 0.29) is 11.7 Å². The molecule has 0 radical (unpaired) electrons. The van der Waals surface area contributed by atoms with Gasteiger partial charge in [0, 0.05) is 31.0 Å². The molecule has 0 fully saturated rings. The minimum absolute atomic E-state index is 0.113. The van der Waals surface area contributed by atoms with E-state index in [1.165, 1.54) is 19.2 Å². The van der Waals surface area contributed by atoms with Crippen LogP contribution in [0.4, 0.5) is 10.1 Å². The van der Waals surface area contributed by atoms with E-state index in [0.717, 1.165) is 5.56 Å². The first-order chi connectivity index (χ1) is 11.1. The summed E-state index contributed by atoms with van der Waals surface area (Å²) < 4.78 is 23.6. The molecule has 0 unspecified atom stereocenters. The zero-order valence-electron chi connectivity index (χ0n) is 13.5. The fraction of sp³-hybridized carbons (Fsp3) is 0.278. The van der Waals surface area contributed by atoms with E-state index in [1.54, 1.807) is 30.2 Å². The van der Waals surface area contributed by atoms with Gasteiger partial charge in [-0.05, 0) is 36.8 Å². The van der Waals surface area contributed by atoms with Crippen LogP contribution in [0.5, 0.6) is 5.75 Å². The summed E-state index contributed by atoms with van der Waals surface area (Å²) in [6.45, 7) is 2.77. The Morgan fingerprint density at radius 2 is 1.96 bits per heavy atom. The molecule has 23 heavy (non-hydrogen) atoms. The van der Waals surface area contributed by atoms with Gasteiger partial charge in [0.1, 0.15) is 0 Å². The van der Waals surface area contributed by atoms with E-state index in [4.69, 9.17) is 9.47 Å². The normalized spacial score (nSPS) is 10.4. The average Bonchev–Trinajstić information content (AvgIpc) is 2.57. The number of methoxy groups -OCH3 is 2. The molecule has 4 nitrogen and oxygen atoms in total. The van der Waals surface area contributed by atoms with Crippen LogP contribution in [0, 0.1) is 5.82 Å². The molecular formula is C18H20FNO3. The highest BCUT2D eigenvalue weighted by atomic mass is 19.1. The first-order valence-corrected chi connectivity index (χ1v) is 7.34. The van der Waals surface area contributed by atoms with Crippen LogP contribution in [0.3, 0.4) is 0 Å². The highest BCUT2D eigenvalue weighted by Crippen LogP contribution is 2.25. The van der Waals surface area contributed by atoms with E-state index < -0.39 is 5.82 Å². The standard InChI is InChI=1S/C18H20FNO3/c1-4-20(15-8-9-16(19)17(11-15)23-3)18(21)14-7-5-6-13(10-14)12-22-2/h5-11H,4,12H2,1-3H3. The van der Waals surface area contributed by atoms with Crippen LogP contribution in [0.1, 0.15) is 22.8 Å². The van der Waals surface area contributed by atoms with Gasteiger partial charge >= 0.3 is 0 Å². The van der Waals surface area contributed by atoms with Crippen molar-refractivity contribution in [1.82, 2.24) is 0 Å². The molecule has 0 aliphatic heterocycles. The second-order valence-electron chi connectivity index (χ2n) is 5.00. The Kier molecular flexibility index (Phi) is 5.71. The van der Waals surface area contributed by atoms with Crippen molar-refractivity contribution >= 4 is 11.6 Å². The molecule has 0 saturated heterocycles. The summed E-state index contributed by atoms with van der Waals surface area (Å²) in [5.74, 6) is -0.497. The number of benzene rings is 2. The smallest absolute Gasteiger partial charge is 0.258 e. The van der Waals surface area contributed by atoms with Gasteiger partial charge in [-0.2, -0.15) is 0 Å². The van der Waals surface area contributed by atoms with Crippen molar-refractivity contribution < 1.29 is 18.7 Å². The average molecular weight is 317 g/mol. The van der Waals surface area contributed by atoms with Crippen molar-refractivity contribution in [2.45, 2.75) is 13.5 Å². The largest absolute Gasteiger partial charge is 0.494 e. The highest BCUT2D eigenvalue weighted by molar-refractivity contribution is 6.06. The molecule has 122 valence electrons. The summed E-state index contributed by atoms with van der Waals surface area (Å²) in [5.41, 5.74) is 2.07. The number of ether oxygens (including phenoxy) is 2. The Labute approximate surface area is 135 Å². The van der Waals surface area contributed by atoms with Crippen LogP contribution in [-0.2, 0) is 11.3 Å². The Balaban J connectivity index is 2.33. The number of halogens is 1. The van der Waals surface area contributed by atoms with E-state index in [2.05, 4.69) is 0 Å². The summed E-state index contributed by atoms with van der Waals surface area (Å²) in [4.78, 5) is 14.3. The number of amides is 1. The minimum atomic E-state index is -0.457. The van der Waals surface area contributed by atoms with E-state index >= 15 is 0 Å². The molecule has 0 atom stereocenters. The quantitative estimate of drug-likeness (QED) is 0.816. The number of nitrogens with zero attached hydrogens (tertiary/aromatic N) is 1. The molecular weight excluding hydrogens is 297 g/mol. The molecule has 0 aliphatic rings. The maximum Gasteiger partial charge on any atom is 0.258 e. The number of carbonyl (C=O) groups is 1. The maximum absolute atomic E-state index is 13.6. The minimum Gasteiger partial charge on any atom is -0.494 e. The lowest BCUT2D eigenvalue weighted by atomic mass is 10.1. The van der Waals surface area contributed by atoms with Crippen molar-refractivity contribution in [1.29, 1.82) is 0 Å². The Morgan fingerprint density at radius 3 is 2.61 bits per heavy atom. The lowest BCUT2D eigenvalue weighted by Crippen LogP contribution is -2.30. The van der Waals surface area contributed by atoms with Crippen molar-refractivity contribution in [3.05, 3.63) is 59.4 Å². The number of rotatable bonds is 6. The number of hydrogen-bond donors (Lipinski definition) is 0. The van der Waals surface area contributed by atoms with Crippen molar-refractivity contribution in [3.8, 4) is 5.75 Å². The fourth-order valence-electron chi connectivity index (χ4n) is 2.38. The summed E-state index contributed by atoms with van der Waals surface area (Å²) >= 11 is 0. The zero-order chi connectivity index (χ0) is 16.8. The third-order valence-electron chi connectivity index (χ3n) is 3.49. The van der Waals surface area contributed by atoms with Gasteiger partial charge in [-0.1, -0.05) is 12.1 Å². The number of carbonyl (C=O) groups excluding carboxylic acids is 1. The van der Waals surface area contributed by atoms with Gasteiger partial charge in [0.15, 0.2) is 11.6 Å². The molecule has 0 aromatic heterocycles. The topological polar surface area (TPSA) is 38.8 Å². The van der Waals surface area contributed by atoms with Crippen LogP contribution in [0.15, 0.2) is 42.5 Å². The summed E-state index contributed by atoms with van der Waals surface area (Å²) in [7, 11) is 3.01. The molecule has 0 saturated carbocycles. The van der Waals surface area contributed by atoms with Crippen LogP contribution in [0.25, 0.3) is 0 Å². The molecule has 0 spiro atoms. The Hall–Kier alpha value is -2.40. The molecule has 2 aromatic rings. The molecule has 0 heterocycles. The van der Waals surface area contributed by atoms with Gasteiger partial charge in [0.05, 0.1) is 13.7 Å². The van der Waals surface area contributed by atoms with Crippen molar-refractivity contribution in [3.63, 3.8) is 0 Å². The van der Waals surface area contributed by atoms with E-state index in [1.807, 2.05) is 19.1 Å². The van der Waals surface area contributed by atoms with E-state index in [0.29, 0.717) is 24.4 Å². The second-order valence-corrected chi connectivity index (χ2v) is 5.00. The van der Waals surface area contributed by atoms with Gasteiger partial charge in [-0.3, -0.25) is 4.79 Å². The first kappa shape index (κ1) is 17.0. The van der Waals surface area contributed by atoms with Gasteiger partial charge in [-0.15, -0.1) is 0 Å². The van der Waals surface area contributed by atoms with Crippen molar-refractivity contribution in [2.24, 2.45) is 0 Å². The second kappa shape index (κ2) is 7.74. The molecule has 0 N–H and O–H groups in total. The lowest BCUT2D eigenvalue weighted by molar-refractivity contribution is 0.0988. The summed E-state index contributed by atoms with van der Waals surface area (Å²) in [5, 5.41) is 0. The van der Waals surface area contributed by atoms with Crippen molar-refractivity contribution in [2.75, 3.05) is 25.7 Å². The summed E-state index contributed by atoms with van der Waals surface area (Å²) in [6, 6.07) is 11.7. The fourth-order valence-corrected chi connectivity index (χ4v) is 2.38. The van der Waals surface area contributed by atoms with Crippen LogP contribution >= 0.6 is 0 Å². The Bertz CT molecular complexity index is 688. The highest BCUT2D eigenvalue weighted by Gasteiger charge is 2.18. The van der Waals surface area contributed by atoms with Gasteiger partial charge < -0.3 is 14.4 Å².